The first-order valence-corrected chi connectivity index (χ1v) is 10.1. The monoisotopic (exact) mass is 435 g/mol. The van der Waals surface area contributed by atoms with Gasteiger partial charge in [-0.25, -0.2) is 4.68 Å². The van der Waals surface area contributed by atoms with Crippen molar-refractivity contribution in [3.05, 3.63) is 42.6 Å². The Morgan fingerprint density at radius 3 is 2.81 bits per heavy atom. The van der Waals surface area contributed by atoms with E-state index in [1.165, 1.54) is 0 Å². The second kappa shape index (κ2) is 8.96. The number of rotatable bonds is 8. The number of H-pyrrole nitrogens is 1. The van der Waals surface area contributed by atoms with Crippen molar-refractivity contribution in [3.63, 3.8) is 0 Å². The van der Waals surface area contributed by atoms with Gasteiger partial charge < -0.3 is 20.1 Å². The smallest absolute Gasteiger partial charge is 0.258 e. The minimum absolute atomic E-state index is 0.0509. The summed E-state index contributed by atoms with van der Waals surface area (Å²) >= 11 is 0. The molecule has 4 rings (SSSR count). The summed E-state index contributed by atoms with van der Waals surface area (Å²) in [4.78, 5) is 16.5. The number of aryl methyl sites for hydroxylation is 1. The van der Waals surface area contributed by atoms with E-state index < -0.39 is 0 Å². The Labute approximate surface area is 184 Å². The number of aromatic nitrogens is 5. The average Bonchev–Trinajstić information content (AvgIpc) is 3.38. The molecule has 10 heteroatoms. The van der Waals surface area contributed by atoms with Crippen molar-refractivity contribution in [1.29, 1.82) is 0 Å². The van der Waals surface area contributed by atoms with Gasteiger partial charge in [-0.3, -0.25) is 9.89 Å². The molecule has 1 amide bonds. The number of fused-ring (bicyclic) bond motifs is 1. The molecule has 0 fully saturated rings. The number of anilines is 2. The van der Waals surface area contributed by atoms with Crippen LogP contribution in [0.5, 0.6) is 11.5 Å². The highest BCUT2D eigenvalue weighted by atomic mass is 16.5. The number of benzene rings is 2. The van der Waals surface area contributed by atoms with Crippen LogP contribution < -0.4 is 20.1 Å². The Bertz CT molecular complexity index is 1250. The van der Waals surface area contributed by atoms with Crippen LogP contribution >= 0.6 is 0 Å². The predicted octanol–water partition coefficient (Wildman–Crippen LogP) is 3.01. The van der Waals surface area contributed by atoms with Crippen LogP contribution in [-0.2, 0) is 11.8 Å². The highest BCUT2D eigenvalue weighted by Crippen LogP contribution is 2.32. The molecule has 3 N–H and O–H groups in total. The van der Waals surface area contributed by atoms with Crippen molar-refractivity contribution in [2.45, 2.75) is 19.9 Å². The van der Waals surface area contributed by atoms with Gasteiger partial charge in [0.15, 0.2) is 23.9 Å². The number of carbonyl (C=O) groups excluding carboxylic acids is 1. The zero-order valence-corrected chi connectivity index (χ0v) is 18.3. The van der Waals surface area contributed by atoms with E-state index in [0.29, 0.717) is 23.3 Å². The van der Waals surface area contributed by atoms with Gasteiger partial charge in [0.05, 0.1) is 18.8 Å². The summed E-state index contributed by atoms with van der Waals surface area (Å²) < 4.78 is 12.7. The van der Waals surface area contributed by atoms with Crippen molar-refractivity contribution in [3.8, 4) is 22.9 Å². The molecule has 0 atom stereocenters. The molecule has 4 aromatic rings. The second-order valence-electron chi connectivity index (χ2n) is 7.56. The second-order valence-corrected chi connectivity index (χ2v) is 7.56. The van der Waals surface area contributed by atoms with Gasteiger partial charge in [0.2, 0.25) is 5.95 Å². The van der Waals surface area contributed by atoms with Gasteiger partial charge in [-0.1, -0.05) is 0 Å². The van der Waals surface area contributed by atoms with Crippen LogP contribution in [0.1, 0.15) is 13.8 Å². The van der Waals surface area contributed by atoms with Crippen molar-refractivity contribution < 1.29 is 14.3 Å². The van der Waals surface area contributed by atoms with E-state index in [4.69, 9.17) is 9.47 Å². The Hall–Kier alpha value is -4.08. The lowest BCUT2D eigenvalue weighted by molar-refractivity contribution is -0.123. The fourth-order valence-electron chi connectivity index (χ4n) is 3.20. The average molecular weight is 435 g/mol. The van der Waals surface area contributed by atoms with E-state index in [1.807, 2.05) is 45.2 Å². The summed E-state index contributed by atoms with van der Waals surface area (Å²) in [5.41, 5.74) is 2.60. The predicted molar refractivity (Wildman–Crippen MR) is 121 cm³/mol. The van der Waals surface area contributed by atoms with Gasteiger partial charge in [0, 0.05) is 29.7 Å². The molecular formula is C22H25N7O3. The van der Waals surface area contributed by atoms with Crippen molar-refractivity contribution >= 4 is 28.4 Å². The molecule has 0 saturated heterocycles. The van der Waals surface area contributed by atoms with Gasteiger partial charge in [0.1, 0.15) is 0 Å². The number of carbonyl (C=O) groups is 1. The first-order valence-electron chi connectivity index (χ1n) is 10.1. The lowest BCUT2D eigenvalue weighted by Crippen LogP contribution is -2.34. The molecule has 0 aliphatic rings. The standard InChI is InChI=1S/C22H25N7O3/c1-13(2)24-20(30)12-32-18-8-5-14(10-19(18)31-4)21-26-22(29(3)28-21)25-16-6-7-17-15(9-16)11-23-27-17/h5-11,13H,12H2,1-4H3,(H,23,27)(H,24,30)(H,25,26,28). The van der Waals surface area contributed by atoms with Crippen LogP contribution in [0.3, 0.4) is 0 Å². The van der Waals surface area contributed by atoms with Crippen molar-refractivity contribution in [1.82, 2.24) is 30.3 Å². The van der Waals surface area contributed by atoms with Gasteiger partial charge >= 0.3 is 0 Å². The van der Waals surface area contributed by atoms with E-state index in [-0.39, 0.29) is 18.6 Å². The molecule has 0 aliphatic carbocycles. The number of nitrogens with one attached hydrogen (secondary N) is 3. The molecule has 166 valence electrons. The summed E-state index contributed by atoms with van der Waals surface area (Å²) in [5.74, 6) is 1.89. The van der Waals surface area contributed by atoms with E-state index in [9.17, 15) is 4.79 Å². The summed E-state index contributed by atoms with van der Waals surface area (Å²) in [6.45, 7) is 3.70. The normalized spacial score (nSPS) is 11.0. The third-order valence-electron chi connectivity index (χ3n) is 4.69. The van der Waals surface area contributed by atoms with E-state index >= 15 is 0 Å². The van der Waals surface area contributed by atoms with Gasteiger partial charge in [-0.2, -0.15) is 10.1 Å². The van der Waals surface area contributed by atoms with E-state index in [1.54, 1.807) is 30.1 Å². The first kappa shape index (κ1) is 21.2. The van der Waals surface area contributed by atoms with E-state index in [0.717, 1.165) is 22.2 Å². The van der Waals surface area contributed by atoms with Crippen LogP contribution in [-0.4, -0.2) is 50.6 Å². The molecule has 2 heterocycles. The number of hydrogen-bond acceptors (Lipinski definition) is 7. The zero-order valence-electron chi connectivity index (χ0n) is 18.3. The molecule has 0 saturated carbocycles. The summed E-state index contributed by atoms with van der Waals surface area (Å²) in [6.07, 6.45) is 1.77. The number of nitrogens with zero attached hydrogens (tertiary/aromatic N) is 4. The molecule has 0 spiro atoms. The largest absolute Gasteiger partial charge is 0.493 e. The molecule has 0 bridgehead atoms. The Morgan fingerprint density at radius 2 is 2.03 bits per heavy atom. The molecule has 2 aromatic carbocycles. The Balaban J connectivity index is 1.51. The molecule has 10 nitrogen and oxygen atoms in total. The fraction of sp³-hybridized carbons (Fsp3) is 0.273. The summed E-state index contributed by atoms with van der Waals surface area (Å²) in [7, 11) is 3.36. The van der Waals surface area contributed by atoms with Crippen LogP contribution in [0.25, 0.3) is 22.3 Å². The lowest BCUT2D eigenvalue weighted by atomic mass is 10.2. The highest BCUT2D eigenvalue weighted by molar-refractivity contribution is 5.82. The first-order chi connectivity index (χ1) is 15.4. The highest BCUT2D eigenvalue weighted by Gasteiger charge is 2.14. The SMILES string of the molecule is COc1cc(-c2nc(Nc3ccc4[nH]ncc4c3)n(C)n2)ccc1OCC(=O)NC(C)C. The number of ether oxygens (including phenoxy) is 2. The van der Waals surface area contributed by atoms with Gasteiger partial charge in [-0.15, -0.1) is 5.10 Å². The van der Waals surface area contributed by atoms with Gasteiger partial charge in [0.25, 0.3) is 5.91 Å². The zero-order chi connectivity index (χ0) is 22.7. The molecular weight excluding hydrogens is 410 g/mol. The fourth-order valence-corrected chi connectivity index (χ4v) is 3.20. The third kappa shape index (κ3) is 4.64. The topological polar surface area (TPSA) is 119 Å². The number of methoxy groups -OCH3 is 1. The molecule has 0 radical (unpaired) electrons. The molecule has 0 unspecified atom stereocenters. The van der Waals surface area contributed by atoms with Crippen LogP contribution in [0.4, 0.5) is 11.6 Å². The maximum atomic E-state index is 11.9. The van der Waals surface area contributed by atoms with E-state index in [2.05, 4.69) is 30.9 Å². The van der Waals surface area contributed by atoms with Crippen LogP contribution in [0, 0.1) is 0 Å². The maximum absolute atomic E-state index is 11.9. The molecule has 0 aliphatic heterocycles. The lowest BCUT2D eigenvalue weighted by Gasteiger charge is -2.12. The maximum Gasteiger partial charge on any atom is 0.258 e. The minimum atomic E-state index is -0.193. The van der Waals surface area contributed by atoms with Crippen molar-refractivity contribution in [2.24, 2.45) is 7.05 Å². The van der Waals surface area contributed by atoms with Gasteiger partial charge in [-0.05, 0) is 50.2 Å². The minimum Gasteiger partial charge on any atom is -0.493 e. The quantitative estimate of drug-likeness (QED) is 0.389. The van der Waals surface area contributed by atoms with Crippen molar-refractivity contribution in [2.75, 3.05) is 19.0 Å². The summed E-state index contributed by atoms with van der Waals surface area (Å²) in [5, 5.41) is 18.5. The Kier molecular flexibility index (Phi) is 5.93. The molecule has 2 aromatic heterocycles. The Morgan fingerprint density at radius 1 is 1.19 bits per heavy atom. The summed E-state index contributed by atoms with van der Waals surface area (Å²) in [6, 6.07) is 11.3. The number of aromatic amines is 1. The molecule has 32 heavy (non-hydrogen) atoms. The number of hydrogen-bond donors (Lipinski definition) is 3. The third-order valence-corrected chi connectivity index (χ3v) is 4.69. The van der Waals surface area contributed by atoms with Crippen LogP contribution in [0.15, 0.2) is 42.6 Å². The number of amides is 1. The van der Waals surface area contributed by atoms with Crippen LogP contribution in [0.2, 0.25) is 0 Å².